The quantitative estimate of drug-likeness (QED) is 0.0401. The van der Waals surface area contributed by atoms with Gasteiger partial charge >= 0.3 is 5.97 Å². The second-order valence-corrected chi connectivity index (χ2v) is 18.5. The summed E-state index contributed by atoms with van der Waals surface area (Å²) in [6.45, 7) is 3.10. The molecule has 0 spiro atoms. The zero-order chi connectivity index (χ0) is 49.9. The van der Waals surface area contributed by atoms with Gasteiger partial charge in [0.05, 0.1) is 59.0 Å². The summed E-state index contributed by atoms with van der Waals surface area (Å²) < 4.78 is 75.4. The largest absolute Gasteiger partial charge is 0.454 e. The average Bonchev–Trinajstić information content (AvgIpc) is 3.95. The Balaban J connectivity index is 1.10. The summed E-state index contributed by atoms with van der Waals surface area (Å²) in [5, 5.41) is 0. The maximum atomic E-state index is 13.4. The van der Waals surface area contributed by atoms with E-state index < -0.39 is 67.4 Å². The van der Waals surface area contributed by atoms with Crippen molar-refractivity contribution < 1.29 is 56.9 Å². The number of esters is 1. The van der Waals surface area contributed by atoms with Gasteiger partial charge in [-0.3, -0.25) is 4.79 Å². The molecule has 0 bridgehead atoms. The van der Waals surface area contributed by atoms with Crippen molar-refractivity contribution in [1.82, 2.24) is 0 Å². The van der Waals surface area contributed by atoms with Crippen LogP contribution in [0.4, 0.5) is 0 Å². The van der Waals surface area contributed by atoms with Crippen molar-refractivity contribution >= 4 is 5.97 Å². The molecule has 11 atom stereocenters. The number of rotatable bonds is 25. The molecule has 73 heavy (non-hydrogen) atoms. The van der Waals surface area contributed by atoms with E-state index in [0.29, 0.717) is 13.2 Å². The summed E-state index contributed by atoms with van der Waals surface area (Å²) >= 11 is 0. The van der Waals surface area contributed by atoms with Gasteiger partial charge in [0.25, 0.3) is 0 Å². The molecule has 3 aliphatic rings. The Morgan fingerprint density at radius 3 is 1.12 bits per heavy atom. The molecular formula is C61H66O12. The molecule has 9 rings (SSSR count). The number of carbonyl (C=O) groups is 1. The summed E-state index contributed by atoms with van der Waals surface area (Å²) in [5.74, 6) is -0.559. The minimum atomic E-state index is -1.28. The van der Waals surface area contributed by atoms with Gasteiger partial charge in [-0.25, -0.2) is 0 Å². The third-order valence-electron chi connectivity index (χ3n) is 13.0. The van der Waals surface area contributed by atoms with E-state index >= 15 is 0 Å². The van der Waals surface area contributed by atoms with Gasteiger partial charge in [0.1, 0.15) is 42.7 Å². The molecule has 2 aliphatic heterocycles. The Bertz CT molecular complexity index is 2520. The van der Waals surface area contributed by atoms with Crippen LogP contribution in [0, 0.1) is 0 Å². The lowest BCUT2D eigenvalue weighted by Crippen LogP contribution is -2.66. The Kier molecular flexibility index (Phi) is 19.5. The molecule has 2 heterocycles. The molecule has 12 nitrogen and oxygen atoms in total. The minimum absolute atomic E-state index is 0.0811. The third-order valence-corrected chi connectivity index (χ3v) is 13.0. The van der Waals surface area contributed by atoms with Gasteiger partial charge in [-0.2, -0.15) is 0 Å². The summed E-state index contributed by atoms with van der Waals surface area (Å²) in [6.07, 6.45) is -3.90. The molecule has 0 N–H and O–H groups in total. The fourth-order valence-corrected chi connectivity index (χ4v) is 9.33. The van der Waals surface area contributed by atoms with E-state index in [2.05, 4.69) is 6.08 Å². The van der Waals surface area contributed by atoms with Crippen LogP contribution in [0.1, 0.15) is 53.1 Å². The van der Waals surface area contributed by atoms with Gasteiger partial charge in [0.15, 0.2) is 18.7 Å². The van der Waals surface area contributed by atoms with E-state index in [1.54, 1.807) is 0 Å². The Hall–Kier alpha value is -5.87. The molecule has 0 saturated carbocycles. The number of hydrogen-bond acceptors (Lipinski definition) is 12. The first-order valence-corrected chi connectivity index (χ1v) is 25.3. The van der Waals surface area contributed by atoms with Crippen LogP contribution in [0.25, 0.3) is 0 Å². The van der Waals surface area contributed by atoms with E-state index in [9.17, 15) is 4.79 Å². The molecule has 1 unspecified atom stereocenters. The van der Waals surface area contributed by atoms with Crippen LogP contribution in [0.5, 0.6) is 0 Å². The van der Waals surface area contributed by atoms with E-state index in [0.717, 1.165) is 46.2 Å². The van der Waals surface area contributed by atoms with Gasteiger partial charge in [0, 0.05) is 6.92 Å². The standard InChI is InChI=1S/C61H66O12/c1-44(62)69-58-56(67-40-49-30-16-6-17-31-49)54(65-38-47-26-12-4-13-27-47)53(43-64-37-46-24-10-3-11-25-46)72-61(58)73-59-57(68-41-50-32-18-7-19-33-50)55(66-39-48-28-14-5-15-29-48)52(42-63-36-45-22-8-2-9-23-45)71-60(59)70-51-34-20-21-35-51/h2-20,22-34,51-61H,21,35-43H2,1H3/t51?,52-,53-,54-,55-,56+,57+,58+,59+,60+,61-/m1/s1. The van der Waals surface area contributed by atoms with Crippen LogP contribution in [-0.4, -0.2) is 86.7 Å². The normalized spacial score (nSPS) is 25.8. The second kappa shape index (κ2) is 27.4. The Labute approximate surface area is 429 Å². The SMILES string of the molecule is CC(=O)O[C@@H]1[C@@H](O[C@@H]2[C@@H](OC3C=CCC3)O[C@H](COCc3ccccc3)[C@@H](OCc3ccccc3)[C@@H]2OCc2ccccc2)O[C@H](COCc2ccccc2)[C@@H](OCc2ccccc2)[C@@H]1OCc1ccccc1. The Morgan fingerprint density at radius 1 is 0.425 bits per heavy atom. The number of ether oxygens (including phenoxy) is 11. The van der Waals surface area contributed by atoms with Crippen LogP contribution in [0.3, 0.4) is 0 Å². The van der Waals surface area contributed by atoms with Gasteiger partial charge in [0.2, 0.25) is 0 Å². The van der Waals surface area contributed by atoms with Crippen molar-refractivity contribution in [1.29, 1.82) is 0 Å². The molecule has 2 saturated heterocycles. The van der Waals surface area contributed by atoms with Crippen molar-refractivity contribution in [3.05, 3.63) is 228 Å². The second-order valence-electron chi connectivity index (χ2n) is 18.5. The zero-order valence-corrected chi connectivity index (χ0v) is 41.3. The smallest absolute Gasteiger partial charge is 0.303 e. The van der Waals surface area contributed by atoms with E-state index in [1.807, 2.05) is 188 Å². The minimum Gasteiger partial charge on any atom is -0.454 e. The first-order valence-electron chi connectivity index (χ1n) is 25.3. The average molecular weight is 991 g/mol. The van der Waals surface area contributed by atoms with Crippen LogP contribution < -0.4 is 0 Å². The monoisotopic (exact) mass is 990 g/mol. The fraction of sp³-hybridized carbons (Fsp3) is 0.361. The number of allylic oxidation sites excluding steroid dienone is 1. The third kappa shape index (κ3) is 15.3. The molecule has 6 aromatic carbocycles. The molecule has 6 aromatic rings. The molecule has 0 radical (unpaired) electrons. The summed E-state index contributed by atoms with van der Waals surface area (Å²) in [7, 11) is 0. The molecule has 2 fully saturated rings. The Morgan fingerprint density at radius 2 is 0.767 bits per heavy atom. The lowest BCUT2D eigenvalue weighted by atomic mass is 9.96. The van der Waals surface area contributed by atoms with Crippen molar-refractivity contribution in [2.75, 3.05) is 13.2 Å². The lowest BCUT2D eigenvalue weighted by molar-refractivity contribution is -0.382. The molecule has 382 valence electrons. The lowest BCUT2D eigenvalue weighted by Gasteiger charge is -2.50. The number of hydrogen-bond donors (Lipinski definition) is 0. The van der Waals surface area contributed by atoms with E-state index in [-0.39, 0.29) is 45.7 Å². The van der Waals surface area contributed by atoms with Crippen molar-refractivity contribution in [2.24, 2.45) is 0 Å². The predicted molar refractivity (Wildman–Crippen MR) is 273 cm³/mol. The van der Waals surface area contributed by atoms with E-state index in [4.69, 9.17) is 52.1 Å². The maximum absolute atomic E-state index is 13.4. The summed E-state index contributed by atoms with van der Waals surface area (Å²) in [6, 6.07) is 59.5. The van der Waals surface area contributed by atoms with Gasteiger partial charge in [-0.15, -0.1) is 0 Å². The predicted octanol–water partition coefficient (Wildman–Crippen LogP) is 10.3. The first kappa shape index (κ1) is 52.0. The first-order chi connectivity index (χ1) is 36.0. The van der Waals surface area contributed by atoms with Crippen molar-refractivity contribution in [2.45, 2.75) is 127 Å². The summed E-state index contributed by atoms with van der Waals surface area (Å²) in [4.78, 5) is 13.4. The van der Waals surface area contributed by atoms with Crippen LogP contribution in [0.2, 0.25) is 0 Å². The highest BCUT2D eigenvalue weighted by atomic mass is 16.8. The highest BCUT2D eigenvalue weighted by Gasteiger charge is 2.55. The highest BCUT2D eigenvalue weighted by Crippen LogP contribution is 2.37. The van der Waals surface area contributed by atoms with Gasteiger partial charge in [-0.1, -0.05) is 194 Å². The topological polar surface area (TPSA) is 119 Å². The molecule has 1 aliphatic carbocycles. The maximum Gasteiger partial charge on any atom is 0.303 e. The van der Waals surface area contributed by atoms with Gasteiger partial charge < -0.3 is 52.1 Å². The molecular weight excluding hydrogens is 925 g/mol. The zero-order valence-electron chi connectivity index (χ0n) is 41.3. The number of carbonyl (C=O) groups excluding carboxylic acids is 1. The van der Waals surface area contributed by atoms with Crippen LogP contribution >= 0.6 is 0 Å². The summed E-state index contributed by atoms with van der Waals surface area (Å²) in [5.41, 5.74) is 5.77. The highest BCUT2D eigenvalue weighted by molar-refractivity contribution is 5.66. The molecule has 0 amide bonds. The molecule has 0 aromatic heterocycles. The van der Waals surface area contributed by atoms with E-state index in [1.165, 1.54) is 6.92 Å². The van der Waals surface area contributed by atoms with Crippen LogP contribution in [-0.2, 0) is 96.5 Å². The van der Waals surface area contributed by atoms with Crippen LogP contribution in [0.15, 0.2) is 194 Å². The fourth-order valence-electron chi connectivity index (χ4n) is 9.33. The van der Waals surface area contributed by atoms with Crippen molar-refractivity contribution in [3.63, 3.8) is 0 Å². The van der Waals surface area contributed by atoms with Gasteiger partial charge in [-0.05, 0) is 46.2 Å². The molecule has 12 heteroatoms. The number of benzene rings is 6. The van der Waals surface area contributed by atoms with Crippen molar-refractivity contribution in [3.8, 4) is 0 Å².